The molecule has 0 aliphatic carbocycles. The highest BCUT2D eigenvalue weighted by molar-refractivity contribution is 5.95. The number of rotatable bonds is 3. The Labute approximate surface area is 111 Å². The van der Waals surface area contributed by atoms with Crippen LogP contribution >= 0.6 is 0 Å². The van der Waals surface area contributed by atoms with E-state index in [4.69, 9.17) is 9.84 Å². The van der Waals surface area contributed by atoms with E-state index in [1.165, 1.54) is 0 Å². The van der Waals surface area contributed by atoms with Crippen molar-refractivity contribution in [2.24, 2.45) is 0 Å². The van der Waals surface area contributed by atoms with Crippen molar-refractivity contribution < 1.29 is 19.4 Å². The predicted molar refractivity (Wildman–Crippen MR) is 66.9 cm³/mol. The third kappa shape index (κ3) is 3.08. The molecule has 102 valence electrons. The lowest BCUT2D eigenvalue weighted by Gasteiger charge is -2.35. The van der Waals surface area contributed by atoms with Crippen molar-refractivity contribution in [3.05, 3.63) is 29.6 Å². The molecule has 1 amide bonds. The summed E-state index contributed by atoms with van der Waals surface area (Å²) in [6.07, 6.45) is 1.52. The summed E-state index contributed by atoms with van der Waals surface area (Å²) in [5, 5.41) is 8.88. The van der Waals surface area contributed by atoms with Gasteiger partial charge in [0.15, 0.2) is 0 Å². The number of ether oxygens (including phenoxy) is 1. The van der Waals surface area contributed by atoms with Gasteiger partial charge in [-0.05, 0) is 19.1 Å². The Kier molecular flexibility index (Phi) is 4.11. The molecule has 1 atom stereocenters. The second kappa shape index (κ2) is 5.79. The lowest BCUT2D eigenvalue weighted by molar-refractivity contribution is -0.139. The number of carbonyl (C=O) groups excluding carboxylic acids is 1. The molecule has 2 heterocycles. The van der Waals surface area contributed by atoms with Gasteiger partial charge in [0.25, 0.3) is 5.91 Å². The molecule has 2 rings (SSSR count). The summed E-state index contributed by atoms with van der Waals surface area (Å²) < 4.78 is 5.26. The molecule has 1 fully saturated rings. The fraction of sp³-hybridized carbons (Fsp3) is 0.462. The lowest BCUT2D eigenvalue weighted by Crippen LogP contribution is -2.49. The average molecular weight is 264 g/mol. The number of carboxylic acids is 1. The Morgan fingerprint density at radius 3 is 3.05 bits per heavy atom. The van der Waals surface area contributed by atoms with Gasteiger partial charge in [-0.25, -0.2) is 0 Å². The van der Waals surface area contributed by atoms with Crippen LogP contribution in [-0.4, -0.2) is 52.7 Å². The highest BCUT2D eigenvalue weighted by atomic mass is 16.5. The van der Waals surface area contributed by atoms with Gasteiger partial charge in [0.1, 0.15) is 0 Å². The second-order valence-corrected chi connectivity index (χ2v) is 4.46. The van der Waals surface area contributed by atoms with E-state index >= 15 is 0 Å². The zero-order valence-corrected chi connectivity index (χ0v) is 10.7. The average Bonchev–Trinajstić information content (AvgIpc) is 2.38. The van der Waals surface area contributed by atoms with Gasteiger partial charge in [0.05, 0.1) is 31.2 Å². The number of morpholine rings is 1. The number of aryl methyl sites for hydroxylation is 1. The SMILES string of the molecule is Cc1ncccc1C(=O)N1CCOCC1CC(=O)O. The van der Waals surface area contributed by atoms with E-state index in [1.54, 1.807) is 30.2 Å². The highest BCUT2D eigenvalue weighted by Crippen LogP contribution is 2.16. The molecule has 0 aromatic carbocycles. The Hall–Kier alpha value is -1.95. The summed E-state index contributed by atoms with van der Waals surface area (Å²) in [5.41, 5.74) is 1.16. The van der Waals surface area contributed by atoms with Gasteiger partial charge in [-0.2, -0.15) is 0 Å². The molecule has 1 saturated heterocycles. The van der Waals surface area contributed by atoms with E-state index in [2.05, 4.69) is 4.98 Å². The van der Waals surface area contributed by atoms with E-state index in [1.807, 2.05) is 0 Å². The summed E-state index contributed by atoms with van der Waals surface area (Å²) in [7, 11) is 0. The van der Waals surface area contributed by atoms with Crippen LogP contribution in [0.2, 0.25) is 0 Å². The Morgan fingerprint density at radius 2 is 2.37 bits per heavy atom. The van der Waals surface area contributed by atoms with Gasteiger partial charge in [0, 0.05) is 18.4 Å². The predicted octanol–water partition coefficient (Wildman–Crippen LogP) is 0.706. The molecule has 1 aromatic rings. The fourth-order valence-electron chi connectivity index (χ4n) is 2.16. The Morgan fingerprint density at radius 1 is 1.58 bits per heavy atom. The molecular formula is C13H16N2O4. The van der Waals surface area contributed by atoms with Crippen molar-refractivity contribution in [3.63, 3.8) is 0 Å². The largest absolute Gasteiger partial charge is 0.481 e. The van der Waals surface area contributed by atoms with Crippen LogP contribution in [0.25, 0.3) is 0 Å². The van der Waals surface area contributed by atoms with E-state index in [-0.39, 0.29) is 18.9 Å². The molecule has 0 bridgehead atoms. The first-order valence-corrected chi connectivity index (χ1v) is 6.11. The zero-order valence-electron chi connectivity index (χ0n) is 10.7. The fourth-order valence-corrected chi connectivity index (χ4v) is 2.16. The molecule has 0 radical (unpaired) electrons. The first-order valence-electron chi connectivity index (χ1n) is 6.11. The summed E-state index contributed by atoms with van der Waals surface area (Å²) >= 11 is 0. The third-order valence-electron chi connectivity index (χ3n) is 3.14. The van der Waals surface area contributed by atoms with Crippen LogP contribution in [-0.2, 0) is 9.53 Å². The van der Waals surface area contributed by atoms with Crippen molar-refractivity contribution >= 4 is 11.9 Å². The van der Waals surface area contributed by atoms with E-state index in [0.717, 1.165) is 0 Å². The minimum atomic E-state index is -0.934. The molecule has 1 aliphatic heterocycles. The third-order valence-corrected chi connectivity index (χ3v) is 3.14. The number of aromatic nitrogens is 1. The lowest BCUT2D eigenvalue weighted by atomic mass is 10.1. The molecule has 19 heavy (non-hydrogen) atoms. The van der Waals surface area contributed by atoms with E-state index in [0.29, 0.717) is 24.4 Å². The summed E-state index contributed by atoms with van der Waals surface area (Å²) in [4.78, 5) is 28.9. The molecular weight excluding hydrogens is 248 g/mol. The molecule has 1 aliphatic rings. The maximum absolute atomic E-state index is 12.4. The van der Waals surface area contributed by atoms with Gasteiger partial charge in [-0.1, -0.05) is 0 Å². The molecule has 1 unspecified atom stereocenters. The van der Waals surface area contributed by atoms with Crippen LogP contribution in [0.5, 0.6) is 0 Å². The number of pyridine rings is 1. The zero-order chi connectivity index (χ0) is 13.8. The van der Waals surface area contributed by atoms with Crippen LogP contribution in [0, 0.1) is 6.92 Å². The first-order chi connectivity index (χ1) is 9.09. The standard InChI is InChI=1S/C13H16N2O4/c1-9-11(3-2-4-14-9)13(18)15-5-6-19-8-10(15)7-12(16)17/h2-4,10H,5-8H2,1H3,(H,16,17). The van der Waals surface area contributed by atoms with Crippen molar-refractivity contribution in [1.29, 1.82) is 0 Å². The number of nitrogens with zero attached hydrogens (tertiary/aromatic N) is 2. The van der Waals surface area contributed by atoms with Crippen LogP contribution in [0.15, 0.2) is 18.3 Å². The van der Waals surface area contributed by atoms with Crippen molar-refractivity contribution in [2.45, 2.75) is 19.4 Å². The summed E-state index contributed by atoms with van der Waals surface area (Å²) in [6, 6.07) is 2.99. The van der Waals surface area contributed by atoms with Gasteiger partial charge in [-0.15, -0.1) is 0 Å². The summed E-state index contributed by atoms with van der Waals surface area (Å²) in [6.45, 7) is 2.86. The second-order valence-electron chi connectivity index (χ2n) is 4.46. The quantitative estimate of drug-likeness (QED) is 0.869. The van der Waals surface area contributed by atoms with Gasteiger partial charge in [0.2, 0.25) is 0 Å². The molecule has 1 aromatic heterocycles. The number of hydrogen-bond donors (Lipinski definition) is 1. The number of aliphatic carboxylic acids is 1. The smallest absolute Gasteiger partial charge is 0.305 e. The molecule has 6 heteroatoms. The molecule has 0 spiro atoms. The van der Waals surface area contributed by atoms with Gasteiger partial charge in [-0.3, -0.25) is 14.6 Å². The van der Waals surface area contributed by atoms with Crippen molar-refractivity contribution in [2.75, 3.05) is 19.8 Å². The normalized spacial score (nSPS) is 19.2. The van der Waals surface area contributed by atoms with Gasteiger partial charge < -0.3 is 14.7 Å². The van der Waals surface area contributed by atoms with Crippen LogP contribution in [0.3, 0.4) is 0 Å². The number of carboxylic acid groups (broad SMARTS) is 1. The maximum Gasteiger partial charge on any atom is 0.305 e. The molecule has 6 nitrogen and oxygen atoms in total. The molecule has 0 saturated carbocycles. The highest BCUT2D eigenvalue weighted by Gasteiger charge is 2.30. The Balaban J connectivity index is 2.20. The molecule has 1 N–H and O–H groups in total. The summed E-state index contributed by atoms with van der Waals surface area (Å²) in [5.74, 6) is -1.11. The monoisotopic (exact) mass is 264 g/mol. The number of carbonyl (C=O) groups is 2. The van der Waals surface area contributed by atoms with Crippen LogP contribution in [0.4, 0.5) is 0 Å². The topological polar surface area (TPSA) is 79.7 Å². The van der Waals surface area contributed by atoms with E-state index in [9.17, 15) is 9.59 Å². The number of amides is 1. The number of hydrogen-bond acceptors (Lipinski definition) is 4. The maximum atomic E-state index is 12.4. The minimum Gasteiger partial charge on any atom is -0.481 e. The first kappa shape index (κ1) is 13.5. The van der Waals surface area contributed by atoms with Crippen LogP contribution in [0.1, 0.15) is 22.5 Å². The van der Waals surface area contributed by atoms with Crippen LogP contribution < -0.4 is 0 Å². The van der Waals surface area contributed by atoms with E-state index < -0.39 is 12.0 Å². The van der Waals surface area contributed by atoms with Crippen molar-refractivity contribution in [1.82, 2.24) is 9.88 Å². The minimum absolute atomic E-state index is 0.106. The Bertz CT molecular complexity index is 489. The van der Waals surface area contributed by atoms with Crippen molar-refractivity contribution in [3.8, 4) is 0 Å². The van der Waals surface area contributed by atoms with Gasteiger partial charge >= 0.3 is 5.97 Å².